The van der Waals surface area contributed by atoms with Gasteiger partial charge in [-0.15, -0.1) is 0 Å². The highest BCUT2D eigenvalue weighted by Crippen LogP contribution is 2.29. The first kappa shape index (κ1) is 19.4. The topological polar surface area (TPSA) is 73.9 Å². The molecule has 2 aromatic carbocycles. The Bertz CT molecular complexity index is 1220. The van der Waals surface area contributed by atoms with Crippen LogP contribution in [0.1, 0.15) is 12.0 Å². The van der Waals surface area contributed by atoms with Gasteiger partial charge in [0.25, 0.3) is 0 Å². The van der Waals surface area contributed by atoms with Crippen LogP contribution in [-0.2, 0) is 11.3 Å². The Kier molecular flexibility index (Phi) is 5.18. The zero-order valence-corrected chi connectivity index (χ0v) is 16.9. The van der Waals surface area contributed by atoms with E-state index >= 15 is 0 Å². The highest BCUT2D eigenvalue weighted by molar-refractivity contribution is 5.99. The average molecular weight is 415 g/mol. The van der Waals surface area contributed by atoms with Crippen LogP contribution in [0, 0.1) is 11.7 Å². The number of pyridine rings is 1. The van der Waals surface area contributed by atoms with Gasteiger partial charge in [0.05, 0.1) is 11.4 Å². The number of fused-ring (bicyclic) bond motifs is 1. The van der Waals surface area contributed by atoms with Crippen molar-refractivity contribution in [3.63, 3.8) is 0 Å². The summed E-state index contributed by atoms with van der Waals surface area (Å²) in [6.45, 7) is 1.92. The SMILES string of the molecule is O=C(Nc1ccc2[nH]nc(-c3ccncc3)c2c1)C1CCN(Cc2ccccc2F)C1. The van der Waals surface area contributed by atoms with E-state index in [2.05, 4.69) is 25.4 Å². The Hall–Kier alpha value is -3.58. The molecule has 4 aromatic rings. The van der Waals surface area contributed by atoms with Crippen LogP contribution in [0.4, 0.5) is 10.1 Å². The smallest absolute Gasteiger partial charge is 0.228 e. The van der Waals surface area contributed by atoms with E-state index in [4.69, 9.17) is 0 Å². The monoisotopic (exact) mass is 415 g/mol. The summed E-state index contributed by atoms with van der Waals surface area (Å²) in [5, 5.41) is 11.4. The number of carbonyl (C=O) groups is 1. The lowest BCUT2D eigenvalue weighted by Crippen LogP contribution is -2.27. The Morgan fingerprint density at radius 1 is 1.16 bits per heavy atom. The number of hydrogen-bond acceptors (Lipinski definition) is 4. The van der Waals surface area contributed by atoms with Crippen LogP contribution in [0.15, 0.2) is 67.0 Å². The summed E-state index contributed by atoms with van der Waals surface area (Å²) in [7, 11) is 0. The van der Waals surface area contributed by atoms with Crippen LogP contribution in [-0.4, -0.2) is 39.1 Å². The molecule has 0 spiro atoms. The van der Waals surface area contributed by atoms with Gasteiger partial charge in [-0.25, -0.2) is 4.39 Å². The lowest BCUT2D eigenvalue weighted by Gasteiger charge is -2.16. The van der Waals surface area contributed by atoms with Crippen molar-refractivity contribution in [2.24, 2.45) is 5.92 Å². The number of nitrogens with one attached hydrogen (secondary N) is 2. The van der Waals surface area contributed by atoms with Crippen LogP contribution in [0.3, 0.4) is 0 Å². The van der Waals surface area contributed by atoms with E-state index in [0.29, 0.717) is 18.7 Å². The highest BCUT2D eigenvalue weighted by Gasteiger charge is 2.28. The number of aromatic nitrogens is 3. The van der Waals surface area contributed by atoms with Gasteiger partial charge in [-0.05, 0) is 49.4 Å². The number of hydrogen-bond donors (Lipinski definition) is 2. The molecule has 1 atom stereocenters. The molecule has 3 heterocycles. The predicted molar refractivity (Wildman–Crippen MR) is 118 cm³/mol. The van der Waals surface area contributed by atoms with Crippen molar-refractivity contribution in [3.05, 3.63) is 78.4 Å². The molecule has 0 aliphatic carbocycles. The summed E-state index contributed by atoms with van der Waals surface area (Å²) in [6, 6.07) is 16.3. The zero-order valence-electron chi connectivity index (χ0n) is 16.9. The summed E-state index contributed by atoms with van der Waals surface area (Å²) < 4.78 is 13.9. The summed E-state index contributed by atoms with van der Waals surface area (Å²) >= 11 is 0. The van der Waals surface area contributed by atoms with Crippen LogP contribution in [0.5, 0.6) is 0 Å². The molecule has 6 nitrogen and oxygen atoms in total. The maximum Gasteiger partial charge on any atom is 0.228 e. The molecular weight excluding hydrogens is 393 g/mol. The average Bonchev–Trinajstić information content (AvgIpc) is 3.43. The lowest BCUT2D eigenvalue weighted by atomic mass is 10.1. The molecule has 1 aliphatic rings. The molecule has 1 saturated heterocycles. The van der Waals surface area contributed by atoms with E-state index in [-0.39, 0.29) is 17.6 Å². The molecule has 0 radical (unpaired) electrons. The van der Waals surface area contributed by atoms with Gasteiger partial charge in [-0.1, -0.05) is 18.2 Å². The third kappa shape index (κ3) is 4.04. The molecule has 7 heteroatoms. The fourth-order valence-electron chi connectivity index (χ4n) is 4.12. The van der Waals surface area contributed by atoms with Crippen molar-refractivity contribution in [2.75, 3.05) is 18.4 Å². The first-order chi connectivity index (χ1) is 15.2. The van der Waals surface area contributed by atoms with Crippen molar-refractivity contribution in [1.29, 1.82) is 0 Å². The lowest BCUT2D eigenvalue weighted by molar-refractivity contribution is -0.119. The quantitative estimate of drug-likeness (QED) is 0.512. The van der Waals surface area contributed by atoms with Crippen LogP contribution < -0.4 is 5.32 Å². The number of likely N-dealkylation sites (tertiary alicyclic amines) is 1. The molecule has 1 aliphatic heterocycles. The van der Waals surface area contributed by atoms with Gasteiger partial charge >= 0.3 is 0 Å². The number of halogens is 1. The van der Waals surface area contributed by atoms with Gasteiger partial charge < -0.3 is 5.32 Å². The predicted octanol–water partition coefficient (Wildman–Crippen LogP) is 4.22. The number of carbonyl (C=O) groups excluding carboxylic acids is 1. The molecule has 5 rings (SSSR count). The standard InChI is InChI=1S/C24H22FN5O/c25-21-4-2-1-3-17(21)14-30-12-9-18(15-30)24(31)27-19-5-6-22-20(13-19)23(29-28-22)16-7-10-26-11-8-16/h1-8,10-11,13,18H,9,12,14-15H2,(H,27,31)(H,28,29). The number of aromatic amines is 1. The molecule has 2 aromatic heterocycles. The molecular formula is C24H22FN5O. The van der Waals surface area contributed by atoms with Gasteiger partial charge in [0.1, 0.15) is 11.5 Å². The number of benzene rings is 2. The molecule has 2 N–H and O–H groups in total. The van der Waals surface area contributed by atoms with E-state index in [1.54, 1.807) is 24.5 Å². The summed E-state index contributed by atoms with van der Waals surface area (Å²) in [5.74, 6) is -0.329. The van der Waals surface area contributed by atoms with Gasteiger partial charge in [-0.2, -0.15) is 5.10 Å². The number of amides is 1. The summed E-state index contributed by atoms with van der Waals surface area (Å²) in [5.41, 5.74) is 4.09. The Labute approximate surface area is 179 Å². The molecule has 0 saturated carbocycles. The second-order valence-electron chi connectivity index (χ2n) is 7.87. The first-order valence-corrected chi connectivity index (χ1v) is 10.3. The second-order valence-corrected chi connectivity index (χ2v) is 7.87. The largest absolute Gasteiger partial charge is 0.326 e. The minimum absolute atomic E-state index is 0.00987. The van der Waals surface area contributed by atoms with E-state index in [1.807, 2.05) is 36.4 Å². The van der Waals surface area contributed by atoms with Crippen LogP contribution in [0.2, 0.25) is 0 Å². The van der Waals surface area contributed by atoms with Gasteiger partial charge in [0.15, 0.2) is 0 Å². The molecule has 1 unspecified atom stereocenters. The number of H-pyrrole nitrogens is 1. The van der Waals surface area contributed by atoms with Crippen molar-refractivity contribution in [1.82, 2.24) is 20.1 Å². The fourth-order valence-corrected chi connectivity index (χ4v) is 4.12. The van der Waals surface area contributed by atoms with Crippen molar-refractivity contribution in [2.45, 2.75) is 13.0 Å². The van der Waals surface area contributed by atoms with E-state index in [0.717, 1.165) is 40.8 Å². The van der Waals surface area contributed by atoms with E-state index in [9.17, 15) is 9.18 Å². The number of anilines is 1. The van der Waals surface area contributed by atoms with Gasteiger partial charge in [0, 0.05) is 47.7 Å². The first-order valence-electron chi connectivity index (χ1n) is 10.3. The van der Waals surface area contributed by atoms with Gasteiger partial charge in [0.2, 0.25) is 5.91 Å². The Balaban J connectivity index is 1.28. The molecule has 31 heavy (non-hydrogen) atoms. The minimum atomic E-state index is -0.200. The molecule has 1 fully saturated rings. The maximum absolute atomic E-state index is 13.9. The van der Waals surface area contributed by atoms with Crippen molar-refractivity contribution < 1.29 is 9.18 Å². The second kappa shape index (κ2) is 8.28. The van der Waals surface area contributed by atoms with Crippen LogP contribution >= 0.6 is 0 Å². The molecule has 156 valence electrons. The number of nitrogens with zero attached hydrogens (tertiary/aromatic N) is 3. The highest BCUT2D eigenvalue weighted by atomic mass is 19.1. The van der Waals surface area contributed by atoms with Gasteiger partial charge in [-0.3, -0.25) is 19.8 Å². The molecule has 0 bridgehead atoms. The Morgan fingerprint density at radius 2 is 2.00 bits per heavy atom. The minimum Gasteiger partial charge on any atom is -0.326 e. The van der Waals surface area contributed by atoms with E-state index < -0.39 is 0 Å². The summed E-state index contributed by atoms with van der Waals surface area (Å²) in [4.78, 5) is 19.0. The van der Waals surface area contributed by atoms with Crippen molar-refractivity contribution >= 4 is 22.5 Å². The number of rotatable bonds is 5. The van der Waals surface area contributed by atoms with E-state index in [1.165, 1.54) is 6.07 Å². The molecule has 1 amide bonds. The van der Waals surface area contributed by atoms with Crippen LogP contribution in [0.25, 0.3) is 22.2 Å². The Morgan fingerprint density at radius 3 is 2.84 bits per heavy atom. The normalized spacial score (nSPS) is 16.6. The zero-order chi connectivity index (χ0) is 21.2. The maximum atomic E-state index is 13.9. The fraction of sp³-hybridized carbons (Fsp3) is 0.208. The van der Waals surface area contributed by atoms with Crippen molar-refractivity contribution in [3.8, 4) is 11.3 Å². The third-order valence-corrected chi connectivity index (χ3v) is 5.78. The summed E-state index contributed by atoms with van der Waals surface area (Å²) in [6.07, 6.45) is 4.22. The third-order valence-electron chi connectivity index (χ3n) is 5.78.